The first-order valence-corrected chi connectivity index (χ1v) is 7.49. The second-order valence-electron chi connectivity index (χ2n) is 4.50. The maximum Gasteiger partial charge on any atom is 0.225 e. The van der Waals surface area contributed by atoms with Crippen LogP contribution < -0.4 is 11.1 Å². The summed E-state index contributed by atoms with van der Waals surface area (Å²) < 4.78 is 0.997. The van der Waals surface area contributed by atoms with E-state index in [0.29, 0.717) is 24.3 Å². The van der Waals surface area contributed by atoms with Crippen molar-refractivity contribution in [1.29, 1.82) is 0 Å². The lowest BCUT2D eigenvalue weighted by molar-refractivity contribution is -0.121. The van der Waals surface area contributed by atoms with Crippen molar-refractivity contribution in [2.45, 2.75) is 38.6 Å². The minimum absolute atomic E-state index is 0.0566. The maximum atomic E-state index is 12.1. The van der Waals surface area contributed by atoms with Gasteiger partial charge in [-0.05, 0) is 30.5 Å². The number of rotatable bonds is 6. The normalized spacial score (nSPS) is 11.1. The van der Waals surface area contributed by atoms with Gasteiger partial charge in [0.05, 0.1) is 16.9 Å². The van der Waals surface area contributed by atoms with E-state index in [4.69, 9.17) is 18.0 Å². The monoisotopic (exact) mass is 342 g/mol. The second kappa shape index (κ2) is 7.01. The SMILES string of the molecule is CCC(CC)(NC(=O)Cc1ccc(Br)cc1)C(N)=S. The van der Waals surface area contributed by atoms with Gasteiger partial charge in [0.25, 0.3) is 0 Å². The zero-order valence-corrected chi connectivity index (χ0v) is 13.6. The summed E-state index contributed by atoms with van der Waals surface area (Å²) in [7, 11) is 0. The van der Waals surface area contributed by atoms with E-state index in [1.165, 1.54) is 0 Å². The molecule has 0 aliphatic heterocycles. The van der Waals surface area contributed by atoms with Gasteiger partial charge in [-0.2, -0.15) is 0 Å². The van der Waals surface area contributed by atoms with Gasteiger partial charge in [0.15, 0.2) is 0 Å². The molecule has 1 rings (SSSR count). The van der Waals surface area contributed by atoms with E-state index >= 15 is 0 Å². The van der Waals surface area contributed by atoms with Gasteiger partial charge >= 0.3 is 0 Å². The molecule has 3 nitrogen and oxygen atoms in total. The van der Waals surface area contributed by atoms with Crippen LogP contribution in [0.5, 0.6) is 0 Å². The van der Waals surface area contributed by atoms with Crippen molar-refractivity contribution in [3.63, 3.8) is 0 Å². The number of hydrogen-bond donors (Lipinski definition) is 2. The van der Waals surface area contributed by atoms with Crippen LogP contribution >= 0.6 is 28.1 Å². The average molecular weight is 343 g/mol. The van der Waals surface area contributed by atoms with Crippen molar-refractivity contribution in [3.05, 3.63) is 34.3 Å². The molecule has 0 spiro atoms. The molecular formula is C14H19BrN2OS. The van der Waals surface area contributed by atoms with Crippen LogP contribution in [-0.2, 0) is 11.2 Å². The zero-order chi connectivity index (χ0) is 14.5. The third-order valence-electron chi connectivity index (χ3n) is 3.34. The molecule has 0 aliphatic rings. The molecule has 1 aromatic carbocycles. The highest BCUT2D eigenvalue weighted by Gasteiger charge is 2.31. The highest BCUT2D eigenvalue weighted by Crippen LogP contribution is 2.16. The fraction of sp³-hybridized carbons (Fsp3) is 0.429. The molecule has 0 unspecified atom stereocenters. The molecule has 0 saturated carbocycles. The molecule has 0 aromatic heterocycles. The Labute approximate surface area is 128 Å². The molecule has 0 atom stereocenters. The topological polar surface area (TPSA) is 55.1 Å². The van der Waals surface area contributed by atoms with Gasteiger partial charge in [-0.15, -0.1) is 0 Å². The smallest absolute Gasteiger partial charge is 0.225 e. The van der Waals surface area contributed by atoms with Crippen LogP contribution in [0.2, 0.25) is 0 Å². The molecule has 0 saturated heterocycles. The maximum absolute atomic E-state index is 12.1. The van der Waals surface area contributed by atoms with Crippen molar-refractivity contribution in [1.82, 2.24) is 5.32 Å². The molecule has 0 heterocycles. The first kappa shape index (κ1) is 16.1. The van der Waals surface area contributed by atoms with Gasteiger partial charge in [-0.1, -0.05) is 54.1 Å². The van der Waals surface area contributed by atoms with E-state index < -0.39 is 5.54 Å². The van der Waals surface area contributed by atoms with Gasteiger partial charge in [-0.25, -0.2) is 0 Å². The third-order valence-corrected chi connectivity index (χ3v) is 4.25. The second-order valence-corrected chi connectivity index (χ2v) is 5.86. The predicted molar refractivity (Wildman–Crippen MR) is 86.1 cm³/mol. The van der Waals surface area contributed by atoms with Crippen LogP contribution in [0.1, 0.15) is 32.3 Å². The van der Waals surface area contributed by atoms with Crippen LogP contribution in [0.15, 0.2) is 28.7 Å². The van der Waals surface area contributed by atoms with Crippen molar-refractivity contribution in [2.24, 2.45) is 5.73 Å². The molecule has 104 valence electrons. The Morgan fingerprint density at radius 2 is 1.84 bits per heavy atom. The minimum atomic E-state index is -0.568. The Hall–Kier alpha value is -0.940. The van der Waals surface area contributed by atoms with E-state index in [2.05, 4.69) is 21.2 Å². The number of nitrogens with one attached hydrogen (secondary N) is 1. The standard InChI is InChI=1S/C14H19BrN2OS/c1-3-14(4-2,13(16)19)17-12(18)9-10-5-7-11(15)8-6-10/h5-8H,3-4,9H2,1-2H3,(H2,16,19)(H,17,18). The van der Waals surface area contributed by atoms with Gasteiger partial charge in [-0.3, -0.25) is 4.79 Å². The van der Waals surface area contributed by atoms with Gasteiger partial charge in [0, 0.05) is 4.47 Å². The highest BCUT2D eigenvalue weighted by atomic mass is 79.9. The summed E-state index contributed by atoms with van der Waals surface area (Å²) in [5.74, 6) is -0.0566. The number of hydrogen-bond acceptors (Lipinski definition) is 2. The molecule has 1 amide bonds. The predicted octanol–water partition coefficient (Wildman–Crippen LogP) is 2.95. The van der Waals surface area contributed by atoms with Gasteiger partial charge in [0.2, 0.25) is 5.91 Å². The van der Waals surface area contributed by atoms with E-state index in [0.717, 1.165) is 10.0 Å². The summed E-state index contributed by atoms with van der Waals surface area (Å²) in [5.41, 5.74) is 6.16. The van der Waals surface area contributed by atoms with Crippen molar-refractivity contribution < 1.29 is 4.79 Å². The molecule has 1 aromatic rings. The summed E-state index contributed by atoms with van der Waals surface area (Å²) in [6.07, 6.45) is 1.73. The fourth-order valence-corrected chi connectivity index (χ4v) is 2.54. The highest BCUT2D eigenvalue weighted by molar-refractivity contribution is 9.10. The van der Waals surface area contributed by atoms with Crippen LogP contribution in [0.25, 0.3) is 0 Å². The van der Waals surface area contributed by atoms with Crippen molar-refractivity contribution >= 4 is 39.0 Å². The lowest BCUT2D eigenvalue weighted by atomic mass is 9.92. The number of benzene rings is 1. The average Bonchev–Trinajstić information content (AvgIpc) is 2.38. The van der Waals surface area contributed by atoms with E-state index in [-0.39, 0.29) is 5.91 Å². The molecule has 0 fully saturated rings. The van der Waals surface area contributed by atoms with Crippen molar-refractivity contribution in [3.8, 4) is 0 Å². The number of carbonyl (C=O) groups excluding carboxylic acids is 1. The van der Waals surface area contributed by atoms with E-state index in [1.54, 1.807) is 0 Å². The summed E-state index contributed by atoms with van der Waals surface area (Å²) in [4.78, 5) is 12.4. The molecule has 0 aliphatic carbocycles. The van der Waals surface area contributed by atoms with Crippen molar-refractivity contribution in [2.75, 3.05) is 0 Å². The van der Waals surface area contributed by atoms with E-state index in [9.17, 15) is 4.79 Å². The molecular weight excluding hydrogens is 324 g/mol. The van der Waals surface area contributed by atoms with Crippen LogP contribution in [0.4, 0.5) is 0 Å². The Balaban J connectivity index is 2.73. The number of amides is 1. The summed E-state index contributed by atoms with van der Waals surface area (Å²) in [6.45, 7) is 3.95. The van der Waals surface area contributed by atoms with Gasteiger partial charge in [0.1, 0.15) is 0 Å². The van der Waals surface area contributed by atoms with Crippen LogP contribution in [0, 0.1) is 0 Å². The molecule has 5 heteroatoms. The quantitative estimate of drug-likeness (QED) is 0.781. The number of carbonyl (C=O) groups is 1. The Morgan fingerprint density at radius 3 is 2.26 bits per heavy atom. The summed E-state index contributed by atoms with van der Waals surface area (Å²) in [6, 6.07) is 7.68. The van der Waals surface area contributed by atoms with Gasteiger partial charge < -0.3 is 11.1 Å². The van der Waals surface area contributed by atoms with Crippen LogP contribution in [0.3, 0.4) is 0 Å². The first-order chi connectivity index (χ1) is 8.93. The Bertz CT molecular complexity index is 455. The molecule has 0 bridgehead atoms. The number of thiocarbonyl (C=S) groups is 1. The Kier molecular flexibility index (Phi) is 5.94. The summed E-state index contributed by atoms with van der Waals surface area (Å²) in [5, 5.41) is 2.98. The lowest BCUT2D eigenvalue weighted by Gasteiger charge is -2.31. The zero-order valence-electron chi connectivity index (χ0n) is 11.2. The fourth-order valence-electron chi connectivity index (χ4n) is 1.94. The minimum Gasteiger partial charge on any atom is -0.391 e. The van der Waals surface area contributed by atoms with E-state index in [1.807, 2.05) is 38.1 Å². The largest absolute Gasteiger partial charge is 0.391 e. The first-order valence-electron chi connectivity index (χ1n) is 6.29. The molecule has 19 heavy (non-hydrogen) atoms. The lowest BCUT2D eigenvalue weighted by Crippen LogP contribution is -2.56. The van der Waals surface area contributed by atoms with Crippen LogP contribution in [-0.4, -0.2) is 16.4 Å². The Morgan fingerprint density at radius 1 is 1.32 bits per heavy atom. The molecule has 0 radical (unpaired) electrons. The number of nitrogens with two attached hydrogens (primary N) is 1. The molecule has 3 N–H and O–H groups in total. The third kappa shape index (κ3) is 4.28. The summed E-state index contributed by atoms with van der Waals surface area (Å²) >= 11 is 8.45. The number of halogens is 1.